The first kappa shape index (κ1) is 11.6. The summed E-state index contributed by atoms with van der Waals surface area (Å²) in [6.07, 6.45) is 0.965. The standard InChI is InChI=1S/C13H12N2OS/c1-3-9-4-5-12(16-2)10(6-9)11-8-17-13(7-14)15-11/h4-6,8H,3H2,1-2H3. The summed E-state index contributed by atoms with van der Waals surface area (Å²) in [6, 6.07) is 8.10. The molecule has 1 heterocycles. The van der Waals surface area contributed by atoms with E-state index in [0.717, 1.165) is 23.4 Å². The van der Waals surface area contributed by atoms with Crippen LogP contribution in [0.4, 0.5) is 0 Å². The molecular weight excluding hydrogens is 232 g/mol. The number of methoxy groups -OCH3 is 1. The normalized spacial score (nSPS) is 9.94. The van der Waals surface area contributed by atoms with Gasteiger partial charge in [0.05, 0.1) is 12.8 Å². The number of hydrogen-bond donors (Lipinski definition) is 0. The molecule has 4 heteroatoms. The zero-order valence-corrected chi connectivity index (χ0v) is 10.5. The zero-order chi connectivity index (χ0) is 12.3. The number of aryl methyl sites for hydroxylation is 1. The SMILES string of the molecule is CCc1ccc(OC)c(-c2csc(C#N)n2)c1. The second-order valence-corrected chi connectivity index (χ2v) is 4.40. The van der Waals surface area contributed by atoms with Gasteiger partial charge in [0.2, 0.25) is 0 Å². The van der Waals surface area contributed by atoms with Crippen molar-refractivity contribution in [3.05, 3.63) is 34.2 Å². The van der Waals surface area contributed by atoms with Crippen LogP contribution in [0.3, 0.4) is 0 Å². The Bertz CT molecular complexity index is 569. The third-order valence-corrected chi connectivity index (χ3v) is 3.29. The summed E-state index contributed by atoms with van der Waals surface area (Å²) in [4.78, 5) is 4.26. The maximum Gasteiger partial charge on any atom is 0.194 e. The predicted octanol–water partition coefficient (Wildman–Crippen LogP) is 3.25. The molecule has 0 unspecified atom stereocenters. The van der Waals surface area contributed by atoms with Gasteiger partial charge in [-0.15, -0.1) is 11.3 Å². The lowest BCUT2D eigenvalue weighted by molar-refractivity contribution is 0.416. The number of aromatic nitrogens is 1. The molecule has 1 aromatic carbocycles. The molecule has 2 rings (SSSR count). The predicted molar refractivity (Wildman–Crippen MR) is 68.2 cm³/mol. The first-order valence-corrected chi connectivity index (χ1v) is 6.19. The molecule has 0 spiro atoms. The number of benzene rings is 1. The van der Waals surface area contributed by atoms with Gasteiger partial charge in [-0.2, -0.15) is 5.26 Å². The number of hydrogen-bond acceptors (Lipinski definition) is 4. The van der Waals surface area contributed by atoms with E-state index in [1.807, 2.05) is 23.6 Å². The lowest BCUT2D eigenvalue weighted by Crippen LogP contribution is -1.90. The molecule has 0 atom stereocenters. The third-order valence-electron chi connectivity index (χ3n) is 2.55. The highest BCUT2D eigenvalue weighted by atomic mass is 32.1. The van der Waals surface area contributed by atoms with Gasteiger partial charge in [-0.1, -0.05) is 13.0 Å². The van der Waals surface area contributed by atoms with E-state index < -0.39 is 0 Å². The zero-order valence-electron chi connectivity index (χ0n) is 9.73. The fourth-order valence-electron chi connectivity index (χ4n) is 1.62. The number of thiazole rings is 1. The van der Waals surface area contributed by atoms with Crippen molar-refractivity contribution < 1.29 is 4.74 Å². The Kier molecular flexibility index (Phi) is 3.40. The van der Waals surface area contributed by atoms with Crippen molar-refractivity contribution in [3.8, 4) is 23.1 Å². The van der Waals surface area contributed by atoms with Crippen LogP contribution in [0.1, 0.15) is 17.5 Å². The van der Waals surface area contributed by atoms with Crippen LogP contribution in [0.5, 0.6) is 5.75 Å². The molecule has 0 saturated carbocycles. The van der Waals surface area contributed by atoms with Crippen LogP contribution in [-0.4, -0.2) is 12.1 Å². The van der Waals surface area contributed by atoms with Gasteiger partial charge in [0.1, 0.15) is 11.8 Å². The van der Waals surface area contributed by atoms with E-state index in [1.54, 1.807) is 7.11 Å². The summed E-state index contributed by atoms with van der Waals surface area (Å²) in [5.41, 5.74) is 2.98. The monoisotopic (exact) mass is 244 g/mol. The molecule has 0 fully saturated rings. The smallest absolute Gasteiger partial charge is 0.194 e. The maximum absolute atomic E-state index is 8.79. The Morgan fingerprint density at radius 1 is 1.47 bits per heavy atom. The Morgan fingerprint density at radius 3 is 2.88 bits per heavy atom. The second kappa shape index (κ2) is 4.98. The summed E-state index contributed by atoms with van der Waals surface area (Å²) < 4.78 is 5.32. The van der Waals surface area contributed by atoms with Crippen molar-refractivity contribution in [1.29, 1.82) is 5.26 Å². The highest BCUT2D eigenvalue weighted by Gasteiger charge is 2.10. The largest absolute Gasteiger partial charge is 0.496 e. The summed E-state index contributed by atoms with van der Waals surface area (Å²) >= 11 is 1.35. The first-order chi connectivity index (χ1) is 8.28. The molecule has 0 aliphatic carbocycles. The lowest BCUT2D eigenvalue weighted by Gasteiger charge is -2.07. The molecule has 0 N–H and O–H groups in total. The van der Waals surface area contributed by atoms with Crippen LogP contribution in [0, 0.1) is 11.3 Å². The fourth-order valence-corrected chi connectivity index (χ4v) is 2.23. The van der Waals surface area contributed by atoms with E-state index in [9.17, 15) is 0 Å². The molecule has 3 nitrogen and oxygen atoms in total. The average molecular weight is 244 g/mol. The van der Waals surface area contributed by atoms with Crippen LogP contribution < -0.4 is 4.74 Å². The average Bonchev–Trinajstić information content (AvgIpc) is 2.86. The minimum Gasteiger partial charge on any atom is -0.496 e. The van der Waals surface area contributed by atoms with Crippen LogP contribution in [0.25, 0.3) is 11.3 Å². The van der Waals surface area contributed by atoms with Crippen molar-refractivity contribution in [1.82, 2.24) is 4.98 Å². The van der Waals surface area contributed by atoms with Crippen LogP contribution in [0.15, 0.2) is 23.6 Å². The number of nitrogens with zero attached hydrogens (tertiary/aromatic N) is 2. The van der Waals surface area contributed by atoms with E-state index >= 15 is 0 Å². The quantitative estimate of drug-likeness (QED) is 0.832. The molecule has 2 aromatic rings. The molecule has 0 amide bonds. The van der Waals surface area contributed by atoms with Crippen molar-refractivity contribution >= 4 is 11.3 Å². The topological polar surface area (TPSA) is 45.9 Å². The minimum atomic E-state index is 0.476. The number of rotatable bonds is 3. The van der Waals surface area contributed by atoms with Crippen LogP contribution in [-0.2, 0) is 6.42 Å². The van der Waals surface area contributed by atoms with E-state index in [-0.39, 0.29) is 0 Å². The van der Waals surface area contributed by atoms with E-state index in [2.05, 4.69) is 18.0 Å². The Labute approximate surface area is 104 Å². The number of ether oxygens (including phenoxy) is 1. The van der Waals surface area contributed by atoms with Crippen molar-refractivity contribution in [2.24, 2.45) is 0 Å². The van der Waals surface area contributed by atoms with Gasteiger partial charge in [0, 0.05) is 10.9 Å². The third kappa shape index (κ3) is 2.29. The summed E-state index contributed by atoms with van der Waals surface area (Å²) in [5, 5.41) is 11.2. The van der Waals surface area contributed by atoms with E-state index in [0.29, 0.717) is 5.01 Å². The summed E-state index contributed by atoms with van der Waals surface area (Å²) in [7, 11) is 1.64. The van der Waals surface area contributed by atoms with Gasteiger partial charge in [-0.25, -0.2) is 4.98 Å². The van der Waals surface area contributed by atoms with Gasteiger partial charge in [0.15, 0.2) is 5.01 Å². The Morgan fingerprint density at radius 2 is 2.29 bits per heavy atom. The minimum absolute atomic E-state index is 0.476. The highest BCUT2D eigenvalue weighted by molar-refractivity contribution is 7.10. The molecule has 1 aromatic heterocycles. The molecular formula is C13H12N2OS. The molecule has 86 valence electrons. The highest BCUT2D eigenvalue weighted by Crippen LogP contribution is 2.31. The lowest BCUT2D eigenvalue weighted by atomic mass is 10.1. The van der Waals surface area contributed by atoms with Gasteiger partial charge in [-0.3, -0.25) is 0 Å². The van der Waals surface area contributed by atoms with Gasteiger partial charge < -0.3 is 4.74 Å². The van der Waals surface area contributed by atoms with Crippen molar-refractivity contribution in [2.75, 3.05) is 7.11 Å². The first-order valence-electron chi connectivity index (χ1n) is 5.31. The van der Waals surface area contributed by atoms with Gasteiger partial charge in [-0.05, 0) is 24.1 Å². The van der Waals surface area contributed by atoms with Gasteiger partial charge in [0.25, 0.3) is 0 Å². The molecule has 0 saturated heterocycles. The van der Waals surface area contributed by atoms with Crippen LogP contribution in [0.2, 0.25) is 0 Å². The summed E-state index contributed by atoms with van der Waals surface area (Å²) in [5.74, 6) is 0.789. The van der Waals surface area contributed by atoms with Crippen molar-refractivity contribution in [3.63, 3.8) is 0 Å². The number of nitriles is 1. The van der Waals surface area contributed by atoms with Gasteiger partial charge >= 0.3 is 0 Å². The van der Waals surface area contributed by atoms with Crippen molar-refractivity contribution in [2.45, 2.75) is 13.3 Å². The molecule has 17 heavy (non-hydrogen) atoms. The maximum atomic E-state index is 8.79. The Hall–Kier alpha value is -1.86. The molecule has 0 radical (unpaired) electrons. The summed E-state index contributed by atoms with van der Waals surface area (Å²) in [6.45, 7) is 2.10. The Balaban J connectivity index is 2.52. The second-order valence-electron chi connectivity index (χ2n) is 3.54. The molecule has 0 bridgehead atoms. The van der Waals surface area contributed by atoms with E-state index in [4.69, 9.17) is 10.00 Å². The van der Waals surface area contributed by atoms with Crippen LogP contribution >= 0.6 is 11.3 Å². The molecule has 0 aliphatic rings. The molecule has 0 aliphatic heterocycles. The van der Waals surface area contributed by atoms with E-state index in [1.165, 1.54) is 16.9 Å². The fraction of sp³-hybridized carbons (Fsp3) is 0.231.